The average molecular weight is 243 g/mol. The number of hydrogen-bond acceptors (Lipinski definition) is 2. The van der Waals surface area contributed by atoms with Gasteiger partial charge in [-0.15, -0.1) is 11.3 Å². The lowest BCUT2D eigenvalue weighted by atomic mass is 9.95. The van der Waals surface area contributed by atoms with Gasteiger partial charge in [0.05, 0.1) is 6.54 Å². The van der Waals surface area contributed by atoms with Gasteiger partial charge in [-0.2, -0.15) is 0 Å². The zero-order valence-electron chi connectivity index (χ0n) is 9.01. The van der Waals surface area contributed by atoms with Crippen molar-refractivity contribution in [2.75, 3.05) is 6.54 Å². The van der Waals surface area contributed by atoms with Crippen LogP contribution in [-0.2, 0) is 6.54 Å². The van der Waals surface area contributed by atoms with Crippen LogP contribution in [0.25, 0.3) is 0 Å². The highest BCUT2D eigenvalue weighted by Crippen LogP contribution is 2.56. The minimum Gasteiger partial charge on any atom is -0.307 e. The van der Waals surface area contributed by atoms with Gasteiger partial charge in [-0.05, 0) is 47.6 Å². The zero-order valence-corrected chi connectivity index (χ0v) is 9.83. The van der Waals surface area contributed by atoms with Gasteiger partial charge in [0, 0.05) is 11.4 Å². The van der Waals surface area contributed by atoms with E-state index in [0.29, 0.717) is 6.54 Å². The van der Waals surface area contributed by atoms with Crippen LogP contribution in [0.15, 0.2) is 5.38 Å². The summed E-state index contributed by atoms with van der Waals surface area (Å²) in [5.74, 6) is 1.52. The van der Waals surface area contributed by atoms with Crippen molar-refractivity contribution in [2.24, 2.45) is 0 Å². The summed E-state index contributed by atoms with van der Waals surface area (Å²) in [6.45, 7) is 0.415. The quantitative estimate of drug-likeness (QED) is 0.854. The van der Waals surface area contributed by atoms with E-state index in [-0.39, 0.29) is 6.54 Å². The van der Waals surface area contributed by atoms with Crippen molar-refractivity contribution in [3.05, 3.63) is 21.4 Å². The average Bonchev–Trinajstić information content (AvgIpc) is 2.87. The predicted octanol–water partition coefficient (Wildman–Crippen LogP) is 3.47. The smallest absolute Gasteiger partial charge is 0.250 e. The van der Waals surface area contributed by atoms with E-state index in [1.165, 1.54) is 30.4 Å². The monoisotopic (exact) mass is 243 g/mol. The summed E-state index contributed by atoms with van der Waals surface area (Å²) in [7, 11) is 0. The fourth-order valence-corrected chi connectivity index (χ4v) is 4.44. The highest BCUT2D eigenvalue weighted by atomic mass is 32.1. The van der Waals surface area contributed by atoms with Crippen LogP contribution in [-0.4, -0.2) is 13.0 Å². The van der Waals surface area contributed by atoms with E-state index in [2.05, 4.69) is 10.7 Å². The molecule has 2 aliphatic rings. The summed E-state index contributed by atoms with van der Waals surface area (Å²) < 4.78 is 24.1. The first-order chi connectivity index (χ1) is 7.75. The number of halogens is 2. The van der Waals surface area contributed by atoms with Crippen LogP contribution in [0.2, 0.25) is 0 Å². The third kappa shape index (κ3) is 1.68. The molecular weight excluding hydrogens is 228 g/mol. The molecule has 1 fully saturated rings. The van der Waals surface area contributed by atoms with Crippen molar-refractivity contribution in [3.8, 4) is 0 Å². The SMILES string of the molecule is FC(F)CNCc1csc2c1C1CCC2C1. The van der Waals surface area contributed by atoms with Crippen LogP contribution in [0, 0.1) is 0 Å². The molecule has 2 aliphatic carbocycles. The number of alkyl halides is 2. The fraction of sp³-hybridized carbons (Fsp3) is 0.667. The predicted molar refractivity (Wildman–Crippen MR) is 61.4 cm³/mol. The maximum absolute atomic E-state index is 12.0. The molecule has 0 radical (unpaired) electrons. The zero-order chi connectivity index (χ0) is 11.1. The van der Waals surface area contributed by atoms with E-state index in [4.69, 9.17) is 0 Å². The lowest BCUT2D eigenvalue weighted by Crippen LogP contribution is -2.21. The molecule has 1 saturated carbocycles. The second-order valence-electron chi connectivity index (χ2n) is 4.77. The number of nitrogens with one attached hydrogen (secondary N) is 1. The molecule has 1 N–H and O–H groups in total. The van der Waals surface area contributed by atoms with Gasteiger partial charge in [0.25, 0.3) is 6.43 Å². The standard InChI is InChI=1S/C12H15F2NS/c13-10(14)5-15-4-9-6-16-12-8-2-1-7(3-8)11(9)12/h6-8,10,15H,1-5H2. The number of rotatable bonds is 4. The normalized spacial score (nSPS) is 26.7. The molecule has 0 amide bonds. The summed E-state index contributed by atoms with van der Waals surface area (Å²) in [5, 5.41) is 4.99. The molecule has 0 aliphatic heterocycles. The molecular formula is C12H15F2NS. The first-order valence-corrected chi connectivity index (χ1v) is 6.72. The molecule has 1 heterocycles. The third-order valence-electron chi connectivity index (χ3n) is 3.77. The van der Waals surface area contributed by atoms with Gasteiger partial charge in [0.2, 0.25) is 0 Å². The van der Waals surface area contributed by atoms with Crippen LogP contribution in [0.1, 0.15) is 47.1 Å². The number of fused-ring (bicyclic) bond motifs is 5. The molecule has 2 bridgehead atoms. The molecule has 2 atom stereocenters. The van der Waals surface area contributed by atoms with Crippen molar-refractivity contribution in [1.82, 2.24) is 5.32 Å². The Morgan fingerprint density at radius 3 is 3.00 bits per heavy atom. The lowest BCUT2D eigenvalue weighted by Gasteiger charge is -2.12. The number of hydrogen-bond donors (Lipinski definition) is 1. The van der Waals surface area contributed by atoms with Gasteiger partial charge in [-0.1, -0.05) is 0 Å². The molecule has 0 saturated heterocycles. The molecule has 3 rings (SSSR count). The Bertz CT molecular complexity index is 388. The molecule has 0 spiro atoms. The maximum atomic E-state index is 12.0. The van der Waals surface area contributed by atoms with Crippen molar-refractivity contribution in [1.29, 1.82) is 0 Å². The van der Waals surface area contributed by atoms with Gasteiger partial charge < -0.3 is 5.32 Å². The Morgan fingerprint density at radius 2 is 2.19 bits per heavy atom. The van der Waals surface area contributed by atoms with E-state index in [1.54, 1.807) is 4.88 Å². The van der Waals surface area contributed by atoms with Crippen LogP contribution >= 0.6 is 11.3 Å². The van der Waals surface area contributed by atoms with Gasteiger partial charge in [-0.3, -0.25) is 0 Å². The van der Waals surface area contributed by atoms with E-state index < -0.39 is 6.43 Å². The molecule has 1 nitrogen and oxygen atoms in total. The Kier molecular flexibility index (Phi) is 2.72. The molecule has 4 heteroatoms. The van der Waals surface area contributed by atoms with Crippen molar-refractivity contribution < 1.29 is 8.78 Å². The Morgan fingerprint density at radius 1 is 1.38 bits per heavy atom. The minimum atomic E-state index is -2.25. The van der Waals surface area contributed by atoms with Crippen LogP contribution in [0.5, 0.6) is 0 Å². The summed E-state index contributed by atoms with van der Waals surface area (Å²) in [6, 6.07) is 0. The maximum Gasteiger partial charge on any atom is 0.250 e. The molecule has 1 aromatic rings. The van der Waals surface area contributed by atoms with E-state index in [0.717, 1.165) is 11.8 Å². The molecule has 16 heavy (non-hydrogen) atoms. The second kappa shape index (κ2) is 4.08. The summed E-state index contributed by atoms with van der Waals surface area (Å²) in [6.07, 6.45) is 1.70. The van der Waals surface area contributed by atoms with E-state index in [9.17, 15) is 8.78 Å². The largest absolute Gasteiger partial charge is 0.307 e. The topological polar surface area (TPSA) is 12.0 Å². The number of thiophene rings is 1. The lowest BCUT2D eigenvalue weighted by molar-refractivity contribution is 0.145. The Balaban J connectivity index is 1.71. The molecule has 1 aromatic heterocycles. The summed E-state index contributed by atoms with van der Waals surface area (Å²) in [5.41, 5.74) is 2.77. The summed E-state index contributed by atoms with van der Waals surface area (Å²) >= 11 is 1.83. The van der Waals surface area contributed by atoms with Crippen molar-refractivity contribution in [2.45, 2.75) is 44.1 Å². The highest BCUT2D eigenvalue weighted by Gasteiger charge is 2.39. The molecule has 88 valence electrons. The van der Waals surface area contributed by atoms with Crippen molar-refractivity contribution in [3.63, 3.8) is 0 Å². The third-order valence-corrected chi connectivity index (χ3v) is 4.97. The first kappa shape index (κ1) is 10.7. The first-order valence-electron chi connectivity index (χ1n) is 5.84. The summed E-state index contributed by atoms with van der Waals surface area (Å²) in [4.78, 5) is 1.55. The highest BCUT2D eigenvalue weighted by molar-refractivity contribution is 7.10. The molecule has 0 aromatic carbocycles. The molecule has 2 unspecified atom stereocenters. The van der Waals surface area contributed by atoms with Crippen LogP contribution in [0.4, 0.5) is 8.78 Å². The second-order valence-corrected chi connectivity index (χ2v) is 5.68. The Hall–Kier alpha value is -0.480. The van der Waals surface area contributed by atoms with Gasteiger partial charge in [0.15, 0.2) is 0 Å². The fourth-order valence-electron chi connectivity index (χ4n) is 3.13. The van der Waals surface area contributed by atoms with Crippen molar-refractivity contribution >= 4 is 11.3 Å². The van der Waals surface area contributed by atoms with Gasteiger partial charge in [0.1, 0.15) is 0 Å². The van der Waals surface area contributed by atoms with Gasteiger partial charge >= 0.3 is 0 Å². The van der Waals surface area contributed by atoms with E-state index in [1.807, 2.05) is 11.3 Å². The van der Waals surface area contributed by atoms with E-state index >= 15 is 0 Å². The Labute approximate surface area is 97.9 Å². The minimum absolute atomic E-state index is 0.196. The van der Waals surface area contributed by atoms with Crippen LogP contribution in [0.3, 0.4) is 0 Å². The van der Waals surface area contributed by atoms with Crippen LogP contribution < -0.4 is 5.32 Å². The van der Waals surface area contributed by atoms with Gasteiger partial charge in [-0.25, -0.2) is 8.78 Å².